The average molecular weight is 311 g/mol. The van der Waals surface area contributed by atoms with Crippen LogP contribution in [-0.2, 0) is 0 Å². The Morgan fingerprint density at radius 2 is 1.95 bits per heavy atom. The lowest BCUT2D eigenvalue weighted by molar-refractivity contribution is 0.182. The lowest BCUT2D eigenvalue weighted by atomic mass is 10.2. The zero-order valence-corrected chi connectivity index (χ0v) is 14.0. The van der Waals surface area contributed by atoms with Crippen LogP contribution in [-0.4, -0.2) is 49.7 Å². The number of nitrogens with zero attached hydrogens (tertiary/aromatic N) is 5. The molecule has 0 saturated heterocycles. The van der Waals surface area contributed by atoms with Gasteiger partial charge in [0.1, 0.15) is 17.3 Å². The van der Waals surface area contributed by atoms with E-state index in [-0.39, 0.29) is 0 Å². The van der Waals surface area contributed by atoms with Crippen molar-refractivity contribution in [2.45, 2.75) is 46.7 Å². The molecule has 0 atom stereocenters. The van der Waals surface area contributed by atoms with Gasteiger partial charge in [-0.2, -0.15) is 19.6 Å². The predicted molar refractivity (Wildman–Crippen MR) is 86.0 cm³/mol. The van der Waals surface area contributed by atoms with Crippen LogP contribution in [0.1, 0.15) is 33.3 Å². The summed E-state index contributed by atoms with van der Waals surface area (Å²) in [6.07, 6.45) is 1.48. The van der Waals surface area contributed by atoms with Gasteiger partial charge in [-0.15, -0.1) is 0 Å². The molecule has 0 bridgehead atoms. The first kappa shape index (κ1) is 16.0. The first-order valence-electron chi connectivity index (χ1n) is 7.27. The molecule has 0 fully saturated rings. The quantitative estimate of drug-likeness (QED) is 0.831. The molecule has 0 aliphatic heterocycles. The van der Waals surface area contributed by atoms with Gasteiger partial charge in [0.25, 0.3) is 5.78 Å². The maximum absolute atomic E-state index is 6.15. The van der Waals surface area contributed by atoms with Gasteiger partial charge in [-0.25, -0.2) is 0 Å². The second-order valence-corrected chi connectivity index (χ2v) is 6.06. The third-order valence-corrected chi connectivity index (χ3v) is 3.96. The summed E-state index contributed by atoms with van der Waals surface area (Å²) in [5.41, 5.74) is 0.885. The smallest absolute Gasteiger partial charge is 0.255 e. The number of nitrogens with one attached hydrogen (secondary N) is 1. The summed E-state index contributed by atoms with van der Waals surface area (Å²) < 4.78 is 1.69. The Hall–Kier alpha value is -1.40. The second kappa shape index (κ2) is 6.58. The van der Waals surface area contributed by atoms with Gasteiger partial charge in [0, 0.05) is 30.7 Å². The SMILES string of the molecule is Cc1c(Cl)nc2ncnn2c1NCCN(C(C)C)C(C)C. The fourth-order valence-corrected chi connectivity index (χ4v) is 2.69. The molecule has 0 aliphatic carbocycles. The molecule has 2 heterocycles. The molecule has 0 unspecified atom stereocenters. The summed E-state index contributed by atoms with van der Waals surface area (Å²) in [7, 11) is 0. The summed E-state index contributed by atoms with van der Waals surface area (Å²) in [5.74, 6) is 1.37. The fraction of sp³-hybridized carbons (Fsp3) is 0.643. The third kappa shape index (κ3) is 3.44. The summed E-state index contributed by atoms with van der Waals surface area (Å²) in [4.78, 5) is 10.7. The molecule has 2 aromatic heterocycles. The van der Waals surface area contributed by atoms with Gasteiger partial charge in [-0.3, -0.25) is 4.90 Å². The van der Waals surface area contributed by atoms with Crippen LogP contribution < -0.4 is 5.32 Å². The Bertz CT molecular complexity index is 599. The number of aromatic nitrogens is 4. The molecule has 116 valence electrons. The van der Waals surface area contributed by atoms with Crippen molar-refractivity contribution >= 4 is 23.2 Å². The van der Waals surface area contributed by atoms with Crippen LogP contribution in [0.5, 0.6) is 0 Å². The molecule has 1 N–H and O–H groups in total. The van der Waals surface area contributed by atoms with Gasteiger partial charge in [-0.05, 0) is 34.6 Å². The highest BCUT2D eigenvalue weighted by atomic mass is 35.5. The van der Waals surface area contributed by atoms with Crippen LogP contribution in [0.3, 0.4) is 0 Å². The van der Waals surface area contributed by atoms with Crippen LogP contribution >= 0.6 is 11.6 Å². The molecule has 2 rings (SSSR count). The van der Waals surface area contributed by atoms with E-state index >= 15 is 0 Å². The number of hydrogen-bond donors (Lipinski definition) is 1. The van der Waals surface area contributed by atoms with Crippen LogP contribution in [0.4, 0.5) is 5.82 Å². The molecule has 21 heavy (non-hydrogen) atoms. The molecule has 0 aliphatic rings. The van der Waals surface area contributed by atoms with Crippen molar-refractivity contribution in [1.29, 1.82) is 0 Å². The monoisotopic (exact) mass is 310 g/mol. The minimum Gasteiger partial charge on any atom is -0.368 e. The van der Waals surface area contributed by atoms with E-state index in [9.17, 15) is 0 Å². The molecule has 0 saturated carbocycles. The summed E-state index contributed by atoms with van der Waals surface area (Å²) in [5, 5.41) is 8.08. The fourth-order valence-electron chi connectivity index (χ4n) is 2.52. The molecule has 6 nitrogen and oxygen atoms in total. The van der Waals surface area contributed by atoms with Crippen molar-refractivity contribution in [2.24, 2.45) is 0 Å². The van der Waals surface area contributed by atoms with Crippen LogP contribution in [0.15, 0.2) is 6.33 Å². The zero-order chi connectivity index (χ0) is 15.6. The Labute approximate surface area is 130 Å². The van der Waals surface area contributed by atoms with E-state index in [1.54, 1.807) is 4.52 Å². The Balaban J connectivity index is 2.13. The van der Waals surface area contributed by atoms with Crippen LogP contribution in [0, 0.1) is 6.92 Å². The van der Waals surface area contributed by atoms with Crippen molar-refractivity contribution in [3.05, 3.63) is 17.0 Å². The molecule has 0 aromatic carbocycles. The Morgan fingerprint density at radius 3 is 2.57 bits per heavy atom. The highest BCUT2D eigenvalue weighted by molar-refractivity contribution is 6.30. The third-order valence-electron chi connectivity index (χ3n) is 3.59. The number of anilines is 1. The Morgan fingerprint density at radius 1 is 1.29 bits per heavy atom. The van der Waals surface area contributed by atoms with Crippen molar-refractivity contribution < 1.29 is 0 Å². The van der Waals surface area contributed by atoms with E-state index in [4.69, 9.17) is 11.6 Å². The highest BCUT2D eigenvalue weighted by Crippen LogP contribution is 2.21. The highest BCUT2D eigenvalue weighted by Gasteiger charge is 2.15. The van der Waals surface area contributed by atoms with Gasteiger partial charge >= 0.3 is 0 Å². The van der Waals surface area contributed by atoms with E-state index < -0.39 is 0 Å². The largest absolute Gasteiger partial charge is 0.368 e. The number of fused-ring (bicyclic) bond motifs is 1. The molecule has 7 heteroatoms. The molecular weight excluding hydrogens is 288 g/mol. The molecule has 0 spiro atoms. The van der Waals surface area contributed by atoms with E-state index in [2.05, 4.69) is 53.0 Å². The first-order valence-corrected chi connectivity index (χ1v) is 7.65. The molecule has 2 aromatic rings. The molecule has 0 radical (unpaired) electrons. The lowest BCUT2D eigenvalue weighted by Gasteiger charge is -2.30. The maximum atomic E-state index is 6.15. The number of rotatable bonds is 6. The minimum absolute atomic E-state index is 0.461. The van der Waals surface area contributed by atoms with Crippen molar-refractivity contribution in [3.63, 3.8) is 0 Å². The standard InChI is InChI=1S/C14H23ClN6/c1-9(2)20(10(3)4)7-6-16-13-11(5)12(15)19-14-17-8-18-21(13)14/h8-10,16H,6-7H2,1-5H3. The van der Waals surface area contributed by atoms with Crippen molar-refractivity contribution in [1.82, 2.24) is 24.5 Å². The number of halogens is 1. The summed E-state index contributed by atoms with van der Waals surface area (Å²) in [6.45, 7) is 12.5. The topological polar surface area (TPSA) is 58.4 Å². The summed E-state index contributed by atoms with van der Waals surface area (Å²) >= 11 is 6.15. The van der Waals surface area contributed by atoms with Crippen molar-refractivity contribution in [3.8, 4) is 0 Å². The summed E-state index contributed by atoms with van der Waals surface area (Å²) in [6, 6.07) is 1.03. The zero-order valence-electron chi connectivity index (χ0n) is 13.3. The normalized spacial score (nSPS) is 12.0. The molecule has 0 amide bonds. The van der Waals surface area contributed by atoms with Crippen LogP contribution in [0.25, 0.3) is 5.78 Å². The van der Waals surface area contributed by atoms with Gasteiger partial charge in [0.05, 0.1) is 0 Å². The molecular formula is C14H23ClN6. The van der Waals surface area contributed by atoms with E-state index in [1.807, 2.05) is 6.92 Å². The number of hydrogen-bond acceptors (Lipinski definition) is 5. The second-order valence-electron chi connectivity index (χ2n) is 5.70. The van der Waals surface area contributed by atoms with Gasteiger partial charge in [0.2, 0.25) is 0 Å². The average Bonchev–Trinajstić information content (AvgIpc) is 2.85. The van der Waals surface area contributed by atoms with Gasteiger partial charge in [-0.1, -0.05) is 11.6 Å². The van der Waals surface area contributed by atoms with Gasteiger partial charge < -0.3 is 5.32 Å². The predicted octanol–water partition coefficient (Wildman–Crippen LogP) is 2.62. The van der Waals surface area contributed by atoms with E-state index in [0.717, 1.165) is 24.5 Å². The lowest BCUT2D eigenvalue weighted by Crippen LogP contribution is -2.40. The van der Waals surface area contributed by atoms with Crippen LogP contribution in [0.2, 0.25) is 5.15 Å². The maximum Gasteiger partial charge on any atom is 0.255 e. The van der Waals surface area contributed by atoms with E-state index in [1.165, 1.54) is 6.33 Å². The first-order chi connectivity index (χ1) is 9.91. The van der Waals surface area contributed by atoms with E-state index in [0.29, 0.717) is 23.0 Å². The Kier molecular flexibility index (Phi) is 5.00. The minimum atomic E-state index is 0.461. The van der Waals surface area contributed by atoms with Gasteiger partial charge in [0.15, 0.2) is 0 Å². The van der Waals surface area contributed by atoms with Crippen molar-refractivity contribution in [2.75, 3.05) is 18.4 Å².